The first-order chi connectivity index (χ1) is 9.20. The van der Waals surface area contributed by atoms with Crippen LogP contribution in [-0.2, 0) is 0 Å². The first-order valence-corrected chi connectivity index (χ1v) is 8.63. The van der Waals surface area contributed by atoms with Gasteiger partial charge in [0, 0.05) is 11.3 Å². The smallest absolute Gasteiger partial charge is 0.178 e. The van der Waals surface area contributed by atoms with E-state index in [0.29, 0.717) is 6.04 Å². The summed E-state index contributed by atoms with van der Waals surface area (Å²) in [6, 6.07) is 7.03. The minimum absolute atomic E-state index is 0.564. The molecule has 1 fully saturated rings. The molecule has 4 heteroatoms. The summed E-state index contributed by atoms with van der Waals surface area (Å²) in [5, 5.41) is 0.787. The summed E-state index contributed by atoms with van der Waals surface area (Å²) in [6.45, 7) is 2.14. The molecule has 19 heavy (non-hydrogen) atoms. The van der Waals surface area contributed by atoms with Crippen LogP contribution in [0.25, 0.3) is 11.0 Å². The van der Waals surface area contributed by atoms with Crippen molar-refractivity contribution in [3.05, 3.63) is 28.5 Å². The maximum absolute atomic E-state index is 5.57. The number of imidazole rings is 1. The highest BCUT2D eigenvalue weighted by molar-refractivity contribution is 7.99. The number of aromatic amines is 1. The van der Waals surface area contributed by atoms with Crippen LogP contribution in [-0.4, -0.2) is 21.1 Å². The second-order valence-electron chi connectivity index (χ2n) is 5.45. The van der Waals surface area contributed by atoms with Gasteiger partial charge < -0.3 is 9.55 Å². The lowest BCUT2D eigenvalue weighted by molar-refractivity contribution is 0.365. The van der Waals surface area contributed by atoms with Crippen molar-refractivity contribution in [2.24, 2.45) is 0 Å². The maximum Gasteiger partial charge on any atom is 0.178 e. The third kappa shape index (κ3) is 2.36. The minimum Gasteiger partial charge on any atom is -0.330 e. The molecule has 0 radical (unpaired) electrons. The fourth-order valence-corrected chi connectivity index (χ4v) is 4.39. The van der Waals surface area contributed by atoms with Crippen LogP contribution in [0.1, 0.15) is 37.3 Å². The molecule has 2 nitrogen and oxygen atoms in total. The topological polar surface area (TPSA) is 20.7 Å². The Balaban J connectivity index is 2.07. The normalized spacial score (nSPS) is 23.9. The Bertz CT molecular complexity index is 641. The number of thioether (sulfide) groups is 1. The molecule has 1 aromatic heterocycles. The molecule has 0 saturated heterocycles. The Hall–Kier alpha value is -0.740. The van der Waals surface area contributed by atoms with Gasteiger partial charge >= 0.3 is 0 Å². The van der Waals surface area contributed by atoms with Crippen molar-refractivity contribution in [2.45, 2.75) is 43.9 Å². The van der Waals surface area contributed by atoms with E-state index < -0.39 is 0 Å². The van der Waals surface area contributed by atoms with Gasteiger partial charge in [0.1, 0.15) is 0 Å². The largest absolute Gasteiger partial charge is 0.330 e. The van der Waals surface area contributed by atoms with Gasteiger partial charge in [-0.1, -0.05) is 18.6 Å². The van der Waals surface area contributed by atoms with Gasteiger partial charge in [-0.3, -0.25) is 0 Å². The van der Waals surface area contributed by atoms with Gasteiger partial charge in [-0.2, -0.15) is 11.8 Å². The van der Waals surface area contributed by atoms with Gasteiger partial charge in [0.05, 0.1) is 11.0 Å². The molecule has 3 rings (SSSR count). The van der Waals surface area contributed by atoms with Crippen LogP contribution >= 0.6 is 24.0 Å². The predicted octanol–water partition coefficient (Wildman–Crippen LogP) is 4.85. The lowest BCUT2D eigenvalue weighted by Gasteiger charge is -2.29. The van der Waals surface area contributed by atoms with E-state index in [9.17, 15) is 0 Å². The van der Waals surface area contributed by atoms with Crippen LogP contribution in [0.4, 0.5) is 0 Å². The van der Waals surface area contributed by atoms with Crippen molar-refractivity contribution >= 4 is 35.0 Å². The number of hydrogen-bond donors (Lipinski definition) is 1. The SMILES string of the molecule is CSC1CCCC(n2c(=S)[nH]c3c(C)cccc32)C1. The van der Waals surface area contributed by atoms with Crippen LogP contribution in [0.2, 0.25) is 0 Å². The second kappa shape index (κ2) is 5.33. The Morgan fingerprint density at radius 3 is 3.00 bits per heavy atom. The molecule has 2 unspecified atom stereocenters. The van der Waals surface area contributed by atoms with Crippen LogP contribution in [0.5, 0.6) is 0 Å². The highest BCUT2D eigenvalue weighted by Crippen LogP contribution is 2.36. The quantitative estimate of drug-likeness (QED) is 0.798. The second-order valence-corrected chi connectivity index (χ2v) is 6.97. The zero-order valence-electron chi connectivity index (χ0n) is 11.5. The fraction of sp³-hybridized carbons (Fsp3) is 0.533. The Labute approximate surface area is 123 Å². The predicted molar refractivity (Wildman–Crippen MR) is 86.7 cm³/mol. The molecule has 0 aliphatic heterocycles. The number of fused-ring (bicyclic) bond motifs is 1. The number of nitrogens with one attached hydrogen (secondary N) is 1. The number of rotatable bonds is 2. The molecule has 1 heterocycles. The van der Waals surface area contributed by atoms with Gasteiger partial charge in [0.2, 0.25) is 0 Å². The zero-order chi connectivity index (χ0) is 13.4. The summed E-state index contributed by atoms with van der Waals surface area (Å²) in [5.41, 5.74) is 3.76. The third-order valence-electron chi connectivity index (χ3n) is 4.26. The molecule has 2 aromatic rings. The van der Waals surface area contributed by atoms with Crippen molar-refractivity contribution in [3.63, 3.8) is 0 Å². The first kappa shape index (κ1) is 13.3. The molecule has 0 spiro atoms. The monoisotopic (exact) mass is 292 g/mol. The van der Waals surface area contributed by atoms with E-state index in [-0.39, 0.29) is 0 Å². The summed E-state index contributed by atoms with van der Waals surface area (Å²) in [4.78, 5) is 3.40. The number of nitrogens with zero attached hydrogens (tertiary/aromatic N) is 1. The van der Waals surface area contributed by atoms with Gasteiger partial charge in [0.15, 0.2) is 4.77 Å². The maximum atomic E-state index is 5.57. The number of aromatic nitrogens is 2. The summed E-state index contributed by atoms with van der Waals surface area (Å²) in [6.07, 6.45) is 7.40. The van der Waals surface area contributed by atoms with Gasteiger partial charge in [0.25, 0.3) is 0 Å². The molecular formula is C15H20N2S2. The van der Waals surface area contributed by atoms with Crippen molar-refractivity contribution in [1.29, 1.82) is 0 Å². The fourth-order valence-electron chi connectivity index (χ4n) is 3.22. The number of aryl methyl sites for hydroxylation is 1. The van der Waals surface area contributed by atoms with E-state index in [4.69, 9.17) is 12.2 Å². The molecular weight excluding hydrogens is 272 g/mol. The van der Waals surface area contributed by atoms with E-state index in [1.165, 1.54) is 42.3 Å². The Morgan fingerprint density at radius 2 is 2.21 bits per heavy atom. The van der Waals surface area contributed by atoms with E-state index in [0.717, 1.165) is 10.0 Å². The molecule has 1 aliphatic rings. The molecule has 1 aliphatic carbocycles. The zero-order valence-corrected chi connectivity index (χ0v) is 13.1. The van der Waals surface area contributed by atoms with E-state index in [1.807, 2.05) is 11.8 Å². The Morgan fingerprint density at radius 1 is 1.37 bits per heavy atom. The minimum atomic E-state index is 0.564. The molecule has 1 N–H and O–H groups in total. The van der Waals surface area contributed by atoms with Crippen molar-refractivity contribution in [3.8, 4) is 0 Å². The summed E-state index contributed by atoms with van der Waals surface area (Å²) in [7, 11) is 0. The number of benzene rings is 1. The molecule has 0 bridgehead atoms. The first-order valence-electron chi connectivity index (χ1n) is 6.93. The standard InChI is InChI=1S/C15H20N2S2/c1-10-5-3-8-13-14(10)16-15(18)17(13)11-6-4-7-12(9-11)19-2/h3,5,8,11-12H,4,6-7,9H2,1-2H3,(H,16,18). The van der Waals surface area contributed by atoms with Crippen molar-refractivity contribution < 1.29 is 0 Å². The molecule has 1 saturated carbocycles. The average Bonchev–Trinajstić information content (AvgIpc) is 2.77. The lowest BCUT2D eigenvalue weighted by Crippen LogP contribution is -2.20. The lowest BCUT2D eigenvalue weighted by atomic mass is 9.94. The van der Waals surface area contributed by atoms with Crippen molar-refractivity contribution in [2.75, 3.05) is 6.26 Å². The summed E-state index contributed by atoms with van der Waals surface area (Å²) < 4.78 is 3.25. The third-order valence-corrected chi connectivity index (χ3v) is 5.65. The molecule has 2 atom stereocenters. The summed E-state index contributed by atoms with van der Waals surface area (Å²) >= 11 is 7.57. The van der Waals surface area contributed by atoms with Crippen LogP contribution < -0.4 is 0 Å². The van der Waals surface area contributed by atoms with E-state index >= 15 is 0 Å². The number of H-pyrrole nitrogens is 1. The summed E-state index contributed by atoms with van der Waals surface area (Å²) in [5.74, 6) is 0. The van der Waals surface area contributed by atoms with Crippen molar-refractivity contribution in [1.82, 2.24) is 9.55 Å². The molecule has 102 valence electrons. The number of hydrogen-bond acceptors (Lipinski definition) is 2. The molecule has 0 amide bonds. The van der Waals surface area contributed by atoms with Gasteiger partial charge in [-0.15, -0.1) is 0 Å². The average molecular weight is 292 g/mol. The van der Waals surface area contributed by atoms with E-state index in [2.05, 4.69) is 40.9 Å². The molecule has 1 aromatic carbocycles. The highest BCUT2D eigenvalue weighted by atomic mass is 32.2. The highest BCUT2D eigenvalue weighted by Gasteiger charge is 2.24. The van der Waals surface area contributed by atoms with Gasteiger partial charge in [-0.25, -0.2) is 0 Å². The van der Waals surface area contributed by atoms with Crippen LogP contribution in [0.15, 0.2) is 18.2 Å². The van der Waals surface area contributed by atoms with Crippen LogP contribution in [0, 0.1) is 11.7 Å². The Kier molecular flexibility index (Phi) is 3.72. The van der Waals surface area contributed by atoms with Gasteiger partial charge in [-0.05, 0) is 56.3 Å². The van der Waals surface area contributed by atoms with E-state index in [1.54, 1.807) is 0 Å². The van der Waals surface area contributed by atoms with Crippen LogP contribution in [0.3, 0.4) is 0 Å². The number of para-hydroxylation sites is 1.